The zero-order valence-electron chi connectivity index (χ0n) is 8.91. The van der Waals surface area contributed by atoms with E-state index in [1.807, 2.05) is 13.8 Å². The van der Waals surface area contributed by atoms with Gasteiger partial charge in [0.25, 0.3) is 6.43 Å². The molecule has 0 unspecified atom stereocenters. The van der Waals surface area contributed by atoms with Gasteiger partial charge in [-0.2, -0.15) is 5.10 Å². The second kappa shape index (κ2) is 4.82. The molecule has 0 fully saturated rings. The van der Waals surface area contributed by atoms with Crippen LogP contribution in [0.25, 0.3) is 5.65 Å². The molecule has 0 aliphatic rings. The number of aryl methyl sites for hydroxylation is 1. The first-order valence-electron chi connectivity index (χ1n) is 4.78. The van der Waals surface area contributed by atoms with Gasteiger partial charge in [-0.15, -0.1) is 0 Å². The van der Waals surface area contributed by atoms with E-state index in [4.69, 9.17) is 0 Å². The van der Waals surface area contributed by atoms with E-state index >= 15 is 0 Å². The van der Waals surface area contributed by atoms with Crippen molar-refractivity contribution in [3.63, 3.8) is 0 Å². The van der Waals surface area contributed by atoms with Crippen LogP contribution in [0.3, 0.4) is 0 Å². The fraction of sp³-hybridized carbons (Fsp3) is 0.400. The summed E-state index contributed by atoms with van der Waals surface area (Å²) in [6.07, 6.45) is -0.941. The molecule has 82 valence electrons. The molecule has 0 aromatic carbocycles. The van der Waals surface area contributed by atoms with Crippen LogP contribution >= 0.6 is 0 Å². The van der Waals surface area contributed by atoms with E-state index in [1.54, 1.807) is 13.1 Å². The maximum Gasteiger partial charge on any atom is 0.282 e. The molecule has 0 radical (unpaired) electrons. The lowest BCUT2D eigenvalue weighted by molar-refractivity contribution is 0.144. The van der Waals surface area contributed by atoms with Crippen molar-refractivity contribution in [3.8, 4) is 0 Å². The fourth-order valence-corrected chi connectivity index (χ4v) is 1.12. The smallest absolute Gasteiger partial charge is 0.235 e. The lowest BCUT2D eigenvalue weighted by atomic mass is 10.4. The van der Waals surface area contributed by atoms with Crippen molar-refractivity contribution in [3.05, 3.63) is 29.7 Å². The van der Waals surface area contributed by atoms with Crippen LogP contribution in [0.5, 0.6) is 0 Å². The third kappa shape index (κ3) is 2.29. The Labute approximate surface area is 86.8 Å². The Morgan fingerprint density at radius 3 is 2.53 bits per heavy atom. The zero-order chi connectivity index (χ0) is 11.4. The van der Waals surface area contributed by atoms with Gasteiger partial charge < -0.3 is 0 Å². The Bertz CT molecular complexity index is 437. The third-order valence-electron chi connectivity index (χ3n) is 1.78. The maximum atomic E-state index is 12.2. The average Bonchev–Trinajstić information content (AvgIpc) is 2.63. The summed E-state index contributed by atoms with van der Waals surface area (Å²) in [6.45, 7) is 5.77. The molecule has 0 spiro atoms. The van der Waals surface area contributed by atoms with Crippen molar-refractivity contribution in [1.29, 1.82) is 0 Å². The molecule has 15 heavy (non-hydrogen) atoms. The van der Waals surface area contributed by atoms with Gasteiger partial charge in [0, 0.05) is 0 Å². The monoisotopic (exact) mass is 213 g/mol. The van der Waals surface area contributed by atoms with Gasteiger partial charge in [-0.05, 0) is 19.1 Å². The van der Waals surface area contributed by atoms with Gasteiger partial charge in [0.05, 0.1) is 11.9 Å². The standard InChI is InChI=1S/C8H7F2N3.C2H6/c1-5-4-11-7-3-2-6(8(9)10)12-13(5)7;1-2/h2-4,8H,1H3;1-2H3. The molecule has 0 saturated carbocycles. The van der Waals surface area contributed by atoms with Crippen LogP contribution in [0.2, 0.25) is 0 Å². The van der Waals surface area contributed by atoms with E-state index in [0.29, 0.717) is 5.65 Å². The van der Waals surface area contributed by atoms with Gasteiger partial charge in [-0.25, -0.2) is 18.3 Å². The number of hydrogen-bond acceptors (Lipinski definition) is 2. The highest BCUT2D eigenvalue weighted by Crippen LogP contribution is 2.16. The molecule has 0 bridgehead atoms. The molecule has 2 aromatic heterocycles. The van der Waals surface area contributed by atoms with Gasteiger partial charge in [0.15, 0.2) is 5.65 Å². The van der Waals surface area contributed by atoms with Crippen LogP contribution in [0, 0.1) is 6.92 Å². The first kappa shape index (κ1) is 11.6. The van der Waals surface area contributed by atoms with Crippen molar-refractivity contribution in [2.75, 3.05) is 0 Å². The summed E-state index contributed by atoms with van der Waals surface area (Å²) in [5, 5.41) is 3.74. The topological polar surface area (TPSA) is 30.2 Å². The van der Waals surface area contributed by atoms with Gasteiger partial charge in [-0.3, -0.25) is 0 Å². The summed E-state index contributed by atoms with van der Waals surface area (Å²) < 4.78 is 25.9. The predicted molar refractivity (Wildman–Crippen MR) is 54.0 cm³/mol. The highest BCUT2D eigenvalue weighted by molar-refractivity contribution is 5.38. The minimum absolute atomic E-state index is 0.228. The quantitative estimate of drug-likeness (QED) is 0.728. The highest BCUT2D eigenvalue weighted by atomic mass is 19.3. The Hall–Kier alpha value is -1.52. The summed E-state index contributed by atoms with van der Waals surface area (Å²) in [5.41, 5.74) is 1.10. The van der Waals surface area contributed by atoms with Gasteiger partial charge in [0.1, 0.15) is 5.69 Å². The number of alkyl halides is 2. The first-order valence-corrected chi connectivity index (χ1v) is 4.78. The van der Waals surface area contributed by atoms with Crippen LogP contribution in [-0.4, -0.2) is 14.6 Å². The summed E-state index contributed by atoms with van der Waals surface area (Å²) in [6, 6.07) is 2.81. The largest absolute Gasteiger partial charge is 0.282 e. The van der Waals surface area contributed by atoms with Crippen molar-refractivity contribution in [1.82, 2.24) is 14.6 Å². The number of hydrogen-bond donors (Lipinski definition) is 0. The van der Waals surface area contributed by atoms with E-state index in [9.17, 15) is 8.78 Å². The second-order valence-electron chi connectivity index (χ2n) is 2.73. The number of imidazole rings is 1. The molecule has 0 saturated heterocycles. The molecule has 2 rings (SSSR count). The average molecular weight is 213 g/mol. The molecule has 0 atom stereocenters. The summed E-state index contributed by atoms with van der Waals surface area (Å²) in [4.78, 5) is 3.97. The summed E-state index contributed by atoms with van der Waals surface area (Å²) >= 11 is 0. The van der Waals surface area contributed by atoms with Crippen LogP contribution in [-0.2, 0) is 0 Å². The number of nitrogens with zero attached hydrogens (tertiary/aromatic N) is 3. The normalized spacial score (nSPS) is 10.3. The fourth-order valence-electron chi connectivity index (χ4n) is 1.12. The van der Waals surface area contributed by atoms with E-state index < -0.39 is 6.43 Å². The minimum Gasteiger partial charge on any atom is -0.235 e. The Morgan fingerprint density at radius 2 is 1.93 bits per heavy atom. The second-order valence-corrected chi connectivity index (χ2v) is 2.73. The van der Waals surface area contributed by atoms with E-state index in [2.05, 4.69) is 10.1 Å². The number of rotatable bonds is 1. The third-order valence-corrected chi connectivity index (χ3v) is 1.78. The van der Waals surface area contributed by atoms with Crippen LogP contribution in [0.15, 0.2) is 18.3 Å². The van der Waals surface area contributed by atoms with Crippen molar-refractivity contribution in [2.45, 2.75) is 27.2 Å². The summed E-state index contributed by atoms with van der Waals surface area (Å²) in [7, 11) is 0. The molecule has 0 N–H and O–H groups in total. The van der Waals surface area contributed by atoms with Crippen LogP contribution < -0.4 is 0 Å². The van der Waals surface area contributed by atoms with E-state index in [1.165, 1.54) is 16.6 Å². The van der Waals surface area contributed by atoms with Crippen LogP contribution in [0.1, 0.15) is 31.7 Å². The molecular weight excluding hydrogens is 200 g/mol. The molecular formula is C10H13F2N3. The van der Waals surface area contributed by atoms with Crippen molar-refractivity contribution < 1.29 is 8.78 Å². The van der Waals surface area contributed by atoms with Crippen molar-refractivity contribution in [2.24, 2.45) is 0 Å². The zero-order valence-corrected chi connectivity index (χ0v) is 8.91. The van der Waals surface area contributed by atoms with E-state index in [0.717, 1.165) is 5.69 Å². The number of fused-ring (bicyclic) bond motifs is 1. The van der Waals surface area contributed by atoms with Gasteiger partial charge in [0.2, 0.25) is 0 Å². The minimum atomic E-state index is -2.54. The molecule has 2 aromatic rings. The van der Waals surface area contributed by atoms with E-state index in [-0.39, 0.29) is 5.69 Å². The van der Waals surface area contributed by atoms with Crippen LogP contribution in [0.4, 0.5) is 8.78 Å². The van der Waals surface area contributed by atoms with Gasteiger partial charge >= 0.3 is 0 Å². The first-order chi connectivity index (χ1) is 7.18. The Morgan fingerprint density at radius 1 is 1.27 bits per heavy atom. The number of aromatic nitrogens is 3. The summed E-state index contributed by atoms with van der Waals surface area (Å²) in [5.74, 6) is 0. The SMILES string of the molecule is CC.Cc1cnc2ccc(C(F)F)nn12. The van der Waals surface area contributed by atoms with Crippen molar-refractivity contribution >= 4 is 5.65 Å². The van der Waals surface area contributed by atoms with Gasteiger partial charge in [-0.1, -0.05) is 13.8 Å². The molecule has 2 heterocycles. The highest BCUT2D eigenvalue weighted by Gasteiger charge is 2.10. The molecule has 0 aliphatic carbocycles. The molecule has 0 aliphatic heterocycles. The molecule has 0 amide bonds. The Kier molecular flexibility index (Phi) is 3.71. The lowest BCUT2D eigenvalue weighted by Gasteiger charge is -1.99. The maximum absolute atomic E-state index is 12.2. The molecule has 3 nitrogen and oxygen atoms in total. The Balaban J connectivity index is 0.000000531. The lowest BCUT2D eigenvalue weighted by Crippen LogP contribution is -1.99. The number of halogens is 2. The molecule has 5 heteroatoms. The predicted octanol–water partition coefficient (Wildman–Crippen LogP) is 3.00.